The number of carboxylic acids is 2. The van der Waals surface area contributed by atoms with Gasteiger partial charge in [0.15, 0.2) is 11.9 Å². The maximum Gasteiger partial charge on any atom is 0.326 e. The molecule has 7 N–H and O–H groups in total. The van der Waals surface area contributed by atoms with Gasteiger partial charge in [-0.3, -0.25) is 29.6 Å². The van der Waals surface area contributed by atoms with Crippen LogP contribution in [0.2, 0.25) is 0 Å². The van der Waals surface area contributed by atoms with E-state index < -0.39 is 29.9 Å². The van der Waals surface area contributed by atoms with Crippen molar-refractivity contribution in [1.29, 1.82) is 0 Å². The first-order valence-electron chi connectivity index (χ1n) is 10.2. The molecular weight excluding hydrogens is 474 g/mol. The topological polar surface area (TPSA) is 199 Å². The molecule has 178 valence electrons. The van der Waals surface area contributed by atoms with E-state index >= 15 is 0 Å². The third-order valence-electron chi connectivity index (χ3n) is 5.37. The normalized spacial score (nSPS) is 20.4. The number of rotatable bonds is 9. The first-order valence-corrected chi connectivity index (χ1v) is 10.2. The number of fused-ring (bicyclic) bond motifs is 1. The van der Waals surface area contributed by atoms with Crippen molar-refractivity contribution in [3.8, 4) is 0 Å². The molecule has 0 saturated heterocycles. The number of guanidine groups is 1. The fourth-order valence-electron chi connectivity index (χ4n) is 3.50. The maximum atomic E-state index is 12.3. The summed E-state index contributed by atoms with van der Waals surface area (Å²) in [6.07, 6.45) is -0.588. The van der Waals surface area contributed by atoms with Crippen LogP contribution in [0.5, 0.6) is 0 Å². The fraction of sp³-hybridized carbons (Fsp3) is 0.400. The van der Waals surface area contributed by atoms with Crippen LogP contribution >= 0.6 is 0 Å². The molecule has 3 atom stereocenters. The molecule has 1 aromatic rings. The van der Waals surface area contributed by atoms with Crippen LogP contribution in [0.15, 0.2) is 34.3 Å². The number of carbonyl (C=O) groups is 4. The second-order valence-electron chi connectivity index (χ2n) is 7.66. The third kappa shape index (κ3) is 6.88. The molecule has 14 heteroatoms. The Morgan fingerprint density at radius 1 is 1.26 bits per heavy atom. The van der Waals surface area contributed by atoms with Crippen molar-refractivity contribution in [3.05, 3.63) is 29.8 Å². The SMILES string of the molecule is CN1C(CNc2ccc(C(=O)N[C@@H](CCC(=O)O)C(=O)O)cc2)CN=C2N=C(N)NC(=O)C21.[Ca]. The van der Waals surface area contributed by atoms with Gasteiger partial charge in [0, 0.05) is 68.0 Å². The van der Waals surface area contributed by atoms with Crippen molar-refractivity contribution >= 4 is 79.0 Å². The van der Waals surface area contributed by atoms with E-state index in [0.29, 0.717) is 24.6 Å². The standard InChI is InChI=1S/C20H25N7O6.Ca/c1-27-12(9-23-16-15(27)18(31)26-20(21)25-16)8-22-11-4-2-10(3-5-11)17(30)24-13(19(32)33)6-7-14(28)29;/h2-5,12-13,15,22H,6-9H2,1H3,(H,24,30)(H,28,29)(H,32,33)(H3,21,23,25,26,31);/t12?,13-,15?;/m0./s1. The van der Waals surface area contributed by atoms with Crippen molar-refractivity contribution < 1.29 is 29.4 Å². The zero-order chi connectivity index (χ0) is 24.1. The van der Waals surface area contributed by atoms with E-state index in [-0.39, 0.29) is 74.1 Å². The van der Waals surface area contributed by atoms with Crippen LogP contribution in [-0.2, 0) is 14.4 Å². The Morgan fingerprint density at radius 3 is 2.56 bits per heavy atom. The van der Waals surface area contributed by atoms with E-state index in [4.69, 9.17) is 10.8 Å². The number of anilines is 1. The monoisotopic (exact) mass is 499 g/mol. The molecule has 34 heavy (non-hydrogen) atoms. The summed E-state index contributed by atoms with van der Waals surface area (Å²) in [5.74, 6) is -2.93. The number of amides is 2. The van der Waals surface area contributed by atoms with E-state index in [0.717, 1.165) is 0 Å². The summed E-state index contributed by atoms with van der Waals surface area (Å²) < 4.78 is 0. The smallest absolute Gasteiger partial charge is 0.326 e. The molecule has 3 rings (SSSR count). The molecule has 2 amide bonds. The molecule has 0 fully saturated rings. The molecule has 0 aliphatic carbocycles. The zero-order valence-electron chi connectivity index (χ0n) is 18.5. The Kier molecular flexibility index (Phi) is 9.79. The molecule has 2 radical (unpaired) electrons. The van der Waals surface area contributed by atoms with Gasteiger partial charge < -0.3 is 26.6 Å². The number of likely N-dealkylation sites (N-methyl/N-ethyl adjacent to an activating group) is 1. The minimum absolute atomic E-state index is 0. The summed E-state index contributed by atoms with van der Waals surface area (Å²) in [5, 5.41) is 25.9. The number of hydrogen-bond donors (Lipinski definition) is 6. The Morgan fingerprint density at radius 2 is 1.94 bits per heavy atom. The van der Waals surface area contributed by atoms with E-state index in [1.807, 2.05) is 4.90 Å². The number of nitrogens with zero attached hydrogens (tertiary/aromatic N) is 3. The van der Waals surface area contributed by atoms with Crippen LogP contribution in [0.3, 0.4) is 0 Å². The molecule has 0 bridgehead atoms. The van der Waals surface area contributed by atoms with Crippen molar-refractivity contribution in [2.45, 2.75) is 31.0 Å². The molecule has 2 heterocycles. The zero-order valence-corrected chi connectivity index (χ0v) is 20.7. The van der Waals surface area contributed by atoms with Crippen molar-refractivity contribution in [3.63, 3.8) is 0 Å². The van der Waals surface area contributed by atoms with Gasteiger partial charge >= 0.3 is 11.9 Å². The Balaban J connectivity index is 0.00000408. The van der Waals surface area contributed by atoms with Crippen LogP contribution in [0.4, 0.5) is 5.69 Å². The quantitative estimate of drug-likeness (QED) is 0.214. The largest absolute Gasteiger partial charge is 0.481 e. The molecule has 1 aromatic carbocycles. The molecule has 2 aliphatic rings. The van der Waals surface area contributed by atoms with Crippen LogP contribution in [0.25, 0.3) is 0 Å². The first-order chi connectivity index (χ1) is 15.7. The maximum absolute atomic E-state index is 12.3. The molecule has 0 saturated carbocycles. The average Bonchev–Trinajstić information content (AvgIpc) is 2.75. The summed E-state index contributed by atoms with van der Waals surface area (Å²) >= 11 is 0. The average molecular weight is 500 g/mol. The molecule has 2 aliphatic heterocycles. The minimum Gasteiger partial charge on any atom is -0.481 e. The van der Waals surface area contributed by atoms with Crippen molar-refractivity contribution in [2.75, 3.05) is 25.5 Å². The van der Waals surface area contributed by atoms with E-state index in [1.54, 1.807) is 19.2 Å². The van der Waals surface area contributed by atoms with Gasteiger partial charge in [-0.1, -0.05) is 0 Å². The number of nitrogens with one attached hydrogen (secondary N) is 3. The number of carboxylic acid groups (broad SMARTS) is 2. The van der Waals surface area contributed by atoms with Crippen LogP contribution in [-0.4, -0.2) is 127 Å². The fourth-order valence-corrected chi connectivity index (χ4v) is 3.50. The van der Waals surface area contributed by atoms with E-state index in [9.17, 15) is 24.3 Å². The third-order valence-corrected chi connectivity index (χ3v) is 5.37. The predicted octanol–water partition coefficient (Wildman–Crippen LogP) is -1.71. The number of amidine groups is 1. The number of aliphatic imine (C=N–C) groups is 2. The van der Waals surface area contributed by atoms with Gasteiger partial charge in [0.25, 0.3) is 11.8 Å². The summed E-state index contributed by atoms with van der Waals surface area (Å²) in [5.41, 5.74) is 6.52. The Labute approximate surface area is 224 Å². The van der Waals surface area contributed by atoms with Crippen molar-refractivity contribution in [2.24, 2.45) is 15.7 Å². The van der Waals surface area contributed by atoms with Crippen LogP contribution < -0.4 is 21.7 Å². The number of benzene rings is 1. The van der Waals surface area contributed by atoms with Crippen LogP contribution in [0, 0.1) is 0 Å². The first kappa shape index (κ1) is 27.5. The Bertz CT molecular complexity index is 1010. The van der Waals surface area contributed by atoms with Crippen LogP contribution in [0.1, 0.15) is 23.2 Å². The summed E-state index contributed by atoms with van der Waals surface area (Å²) in [6, 6.07) is 4.38. The summed E-state index contributed by atoms with van der Waals surface area (Å²) in [6.45, 7) is 0.894. The molecule has 0 aromatic heterocycles. The summed E-state index contributed by atoms with van der Waals surface area (Å²) in [4.78, 5) is 56.8. The van der Waals surface area contributed by atoms with Gasteiger partial charge in [-0.05, 0) is 37.7 Å². The van der Waals surface area contributed by atoms with Gasteiger partial charge in [-0.25, -0.2) is 4.79 Å². The molecular formula is C20H25CaN7O6. The Hall–Kier alpha value is -2.74. The van der Waals surface area contributed by atoms with Gasteiger partial charge in [0.1, 0.15) is 6.04 Å². The minimum atomic E-state index is -1.30. The summed E-state index contributed by atoms with van der Waals surface area (Å²) in [7, 11) is 1.80. The number of aliphatic carboxylic acids is 2. The second kappa shape index (κ2) is 12.1. The van der Waals surface area contributed by atoms with Gasteiger partial charge in [0.2, 0.25) is 5.96 Å². The van der Waals surface area contributed by atoms with E-state index in [2.05, 4.69) is 25.9 Å². The second-order valence-corrected chi connectivity index (χ2v) is 7.66. The molecule has 2 unspecified atom stereocenters. The number of hydrogen-bond acceptors (Lipinski definition) is 9. The van der Waals surface area contributed by atoms with Crippen molar-refractivity contribution in [1.82, 2.24) is 15.5 Å². The number of nitrogens with two attached hydrogens (primary N) is 1. The predicted molar refractivity (Wildman–Crippen MR) is 124 cm³/mol. The van der Waals surface area contributed by atoms with E-state index in [1.165, 1.54) is 12.1 Å². The molecule has 13 nitrogen and oxygen atoms in total. The van der Waals surface area contributed by atoms with Gasteiger partial charge in [-0.2, -0.15) is 4.99 Å². The number of carbonyl (C=O) groups excluding carboxylic acids is 2. The van der Waals surface area contributed by atoms with Gasteiger partial charge in [-0.15, -0.1) is 0 Å². The molecule has 0 spiro atoms. The van der Waals surface area contributed by atoms with Gasteiger partial charge in [0.05, 0.1) is 6.54 Å².